The molecule has 40 heavy (non-hydrogen) atoms. The molecule has 0 saturated carbocycles. The van der Waals surface area contributed by atoms with Crippen molar-refractivity contribution in [1.29, 1.82) is 0 Å². The van der Waals surface area contributed by atoms with Crippen molar-refractivity contribution in [2.75, 3.05) is 23.0 Å². The normalized spacial score (nSPS) is 12.8. The standard InChI is InChI=1S/C33H61O4PS2/c1-8-10-12-14-16-18-22-39-24-20-33(38(35,36)37,21-25-40-23-19-17-15-13-11-9-2)29-26-30(32(5,6)7)31(34)28(4)27(29)3/h26,34H,8-25H2,1-7H3,(H2,35,36,37). The smallest absolute Gasteiger partial charge is 0.336 e. The summed E-state index contributed by atoms with van der Waals surface area (Å²) in [5.41, 5.74) is 2.72. The summed E-state index contributed by atoms with van der Waals surface area (Å²) in [5, 5.41) is 9.77. The van der Waals surface area contributed by atoms with Crippen molar-refractivity contribution >= 4 is 31.1 Å². The molecule has 0 radical (unpaired) electrons. The highest BCUT2D eigenvalue weighted by Gasteiger charge is 2.49. The first-order valence-corrected chi connectivity index (χ1v) is 19.8. The Bertz CT molecular complexity index is 869. The van der Waals surface area contributed by atoms with Gasteiger partial charge in [0, 0.05) is 0 Å². The van der Waals surface area contributed by atoms with Gasteiger partial charge in [-0.1, -0.05) is 105 Å². The molecular formula is C33H61O4PS2. The third-order valence-corrected chi connectivity index (χ3v) is 12.3. The Morgan fingerprint density at radius 1 is 0.675 bits per heavy atom. The van der Waals surface area contributed by atoms with Crippen molar-refractivity contribution in [1.82, 2.24) is 0 Å². The first-order valence-electron chi connectivity index (χ1n) is 15.9. The average Bonchev–Trinajstić information content (AvgIpc) is 2.87. The maximum atomic E-state index is 13.5. The molecule has 234 valence electrons. The van der Waals surface area contributed by atoms with Crippen LogP contribution in [-0.2, 0) is 15.1 Å². The van der Waals surface area contributed by atoms with E-state index in [0.717, 1.165) is 58.1 Å². The largest absolute Gasteiger partial charge is 0.507 e. The molecule has 0 saturated heterocycles. The summed E-state index contributed by atoms with van der Waals surface area (Å²) in [5.74, 6) is 3.79. The van der Waals surface area contributed by atoms with E-state index in [4.69, 9.17) is 0 Å². The van der Waals surface area contributed by atoms with Crippen LogP contribution in [0.3, 0.4) is 0 Å². The lowest BCUT2D eigenvalue weighted by Crippen LogP contribution is -2.30. The summed E-state index contributed by atoms with van der Waals surface area (Å²) in [7, 11) is -4.52. The fraction of sp³-hybridized carbons (Fsp3) is 0.818. The summed E-state index contributed by atoms with van der Waals surface area (Å²) in [6.45, 7) is 14.4. The molecular weight excluding hydrogens is 555 g/mol. The van der Waals surface area contributed by atoms with Crippen LogP contribution in [0.15, 0.2) is 6.07 Å². The number of hydrogen-bond donors (Lipinski definition) is 3. The van der Waals surface area contributed by atoms with Crippen LogP contribution in [0.25, 0.3) is 0 Å². The second kappa shape index (κ2) is 19.2. The van der Waals surface area contributed by atoms with Gasteiger partial charge in [-0.05, 0) is 90.2 Å². The Kier molecular flexibility index (Phi) is 18.2. The molecule has 1 aromatic rings. The average molecular weight is 617 g/mol. The van der Waals surface area contributed by atoms with Crippen LogP contribution >= 0.6 is 31.1 Å². The molecule has 0 spiro atoms. The van der Waals surface area contributed by atoms with E-state index in [0.29, 0.717) is 12.8 Å². The van der Waals surface area contributed by atoms with E-state index in [1.807, 2.05) is 64.2 Å². The molecule has 1 aromatic carbocycles. The highest BCUT2D eigenvalue weighted by molar-refractivity contribution is 7.99. The summed E-state index contributed by atoms with van der Waals surface area (Å²) >= 11 is 3.67. The van der Waals surface area contributed by atoms with Gasteiger partial charge >= 0.3 is 7.60 Å². The lowest BCUT2D eigenvalue weighted by Gasteiger charge is -2.38. The number of thioether (sulfide) groups is 2. The van der Waals surface area contributed by atoms with E-state index in [2.05, 4.69) is 13.8 Å². The predicted octanol–water partition coefficient (Wildman–Crippen LogP) is 10.6. The van der Waals surface area contributed by atoms with Crippen LogP contribution in [0.5, 0.6) is 5.75 Å². The first kappa shape index (κ1) is 37.9. The number of phenols is 1. The van der Waals surface area contributed by atoms with Gasteiger partial charge in [0.1, 0.15) is 5.75 Å². The van der Waals surface area contributed by atoms with Crippen LogP contribution in [-0.4, -0.2) is 37.9 Å². The fourth-order valence-corrected chi connectivity index (χ4v) is 9.32. The zero-order chi connectivity index (χ0) is 30.2. The summed E-state index contributed by atoms with van der Waals surface area (Å²) < 4.78 is 13.5. The molecule has 3 N–H and O–H groups in total. The Morgan fingerprint density at radius 3 is 1.50 bits per heavy atom. The number of hydrogen-bond acceptors (Lipinski definition) is 4. The van der Waals surface area contributed by atoms with Gasteiger partial charge in [0.05, 0.1) is 5.16 Å². The van der Waals surface area contributed by atoms with Gasteiger partial charge in [0.15, 0.2) is 0 Å². The zero-order valence-electron chi connectivity index (χ0n) is 26.8. The number of aromatic hydroxyl groups is 1. The van der Waals surface area contributed by atoms with Crippen LogP contribution in [0.4, 0.5) is 0 Å². The van der Waals surface area contributed by atoms with Crippen LogP contribution < -0.4 is 0 Å². The minimum atomic E-state index is -4.52. The van der Waals surface area contributed by atoms with Gasteiger partial charge in [0.25, 0.3) is 0 Å². The van der Waals surface area contributed by atoms with Gasteiger partial charge in [-0.25, -0.2) is 0 Å². The van der Waals surface area contributed by atoms with Crippen molar-refractivity contribution in [3.8, 4) is 5.75 Å². The van der Waals surface area contributed by atoms with E-state index in [1.165, 1.54) is 64.2 Å². The highest BCUT2D eigenvalue weighted by Crippen LogP contribution is 2.63. The van der Waals surface area contributed by atoms with E-state index in [-0.39, 0.29) is 11.2 Å². The SMILES string of the molecule is CCCCCCCCSCCC(CCSCCCCCCCC)(c1cc(C(C)(C)C)c(O)c(C)c1C)P(=O)(O)O. The van der Waals surface area contributed by atoms with Crippen molar-refractivity contribution in [3.05, 3.63) is 28.3 Å². The van der Waals surface area contributed by atoms with E-state index >= 15 is 0 Å². The number of benzene rings is 1. The summed E-state index contributed by atoms with van der Waals surface area (Å²) in [4.78, 5) is 22.1. The molecule has 0 aromatic heterocycles. The molecule has 4 nitrogen and oxygen atoms in total. The van der Waals surface area contributed by atoms with E-state index in [9.17, 15) is 19.5 Å². The lowest BCUT2D eigenvalue weighted by molar-refractivity contribution is 0.315. The molecule has 7 heteroatoms. The van der Waals surface area contributed by atoms with Crippen molar-refractivity contribution in [2.24, 2.45) is 0 Å². The molecule has 0 aliphatic carbocycles. The van der Waals surface area contributed by atoms with Gasteiger partial charge in [-0.3, -0.25) is 4.57 Å². The topological polar surface area (TPSA) is 77.8 Å². The third kappa shape index (κ3) is 12.2. The van der Waals surface area contributed by atoms with Crippen molar-refractivity contribution < 1.29 is 19.5 Å². The Hall–Kier alpha value is -0.130. The van der Waals surface area contributed by atoms with Crippen LogP contribution in [0, 0.1) is 13.8 Å². The fourth-order valence-electron chi connectivity index (χ4n) is 5.46. The third-order valence-electron chi connectivity index (χ3n) is 8.34. The van der Waals surface area contributed by atoms with E-state index < -0.39 is 12.8 Å². The van der Waals surface area contributed by atoms with Gasteiger partial charge in [-0.2, -0.15) is 23.5 Å². The van der Waals surface area contributed by atoms with Crippen LogP contribution in [0.1, 0.15) is 147 Å². The maximum absolute atomic E-state index is 13.5. The van der Waals surface area contributed by atoms with Gasteiger partial charge in [-0.15, -0.1) is 0 Å². The number of rotatable bonds is 22. The molecule has 0 unspecified atom stereocenters. The molecule has 0 amide bonds. The predicted molar refractivity (Wildman–Crippen MR) is 181 cm³/mol. The molecule has 0 fully saturated rings. The van der Waals surface area contributed by atoms with E-state index in [1.54, 1.807) is 0 Å². The molecule has 0 atom stereocenters. The highest BCUT2D eigenvalue weighted by atomic mass is 32.2. The van der Waals surface area contributed by atoms with Crippen LogP contribution in [0.2, 0.25) is 0 Å². The van der Waals surface area contributed by atoms with Crippen molar-refractivity contribution in [3.63, 3.8) is 0 Å². The molecule has 0 heterocycles. The molecule has 0 aliphatic heterocycles. The molecule has 0 bridgehead atoms. The second-order valence-corrected chi connectivity index (χ2v) is 17.0. The first-order chi connectivity index (χ1) is 18.8. The minimum absolute atomic E-state index is 0.253. The number of unbranched alkanes of at least 4 members (excludes halogenated alkanes) is 10. The lowest BCUT2D eigenvalue weighted by atomic mass is 9.79. The van der Waals surface area contributed by atoms with Gasteiger partial charge < -0.3 is 14.9 Å². The quantitative estimate of drug-likeness (QED) is 0.0888. The Balaban J connectivity index is 3.13. The zero-order valence-corrected chi connectivity index (χ0v) is 29.3. The monoisotopic (exact) mass is 616 g/mol. The second-order valence-electron chi connectivity index (χ2n) is 12.7. The maximum Gasteiger partial charge on any atom is 0.336 e. The molecule has 0 aliphatic rings. The molecule has 1 rings (SSSR count). The number of phenolic OH excluding ortho intramolecular Hbond substituents is 1. The Labute approximate surface area is 255 Å². The minimum Gasteiger partial charge on any atom is -0.507 e. The Morgan fingerprint density at radius 2 is 1.10 bits per heavy atom. The van der Waals surface area contributed by atoms with Crippen molar-refractivity contribution in [2.45, 2.75) is 149 Å². The summed E-state index contributed by atoms with van der Waals surface area (Å²) in [6.07, 6.45) is 16.0. The summed E-state index contributed by atoms with van der Waals surface area (Å²) in [6, 6.07) is 1.92. The van der Waals surface area contributed by atoms with Gasteiger partial charge in [0.2, 0.25) is 0 Å².